The molecule has 0 N–H and O–H groups in total. The molecule has 1 saturated carbocycles. The lowest BCUT2D eigenvalue weighted by atomic mass is 10.0. The van der Waals surface area contributed by atoms with Crippen LogP contribution in [0, 0.1) is 0 Å². The second kappa shape index (κ2) is 4.51. The SMILES string of the molecule is COC(=O)N1C2CCC(C2=C(C)C)N1C(=O)OC. The Labute approximate surface area is 106 Å². The highest BCUT2D eigenvalue weighted by Crippen LogP contribution is 2.44. The van der Waals surface area contributed by atoms with E-state index in [9.17, 15) is 9.59 Å². The summed E-state index contributed by atoms with van der Waals surface area (Å²) < 4.78 is 9.51. The molecule has 0 aromatic rings. The largest absolute Gasteiger partial charge is 0.451 e. The number of amides is 2. The zero-order valence-electron chi connectivity index (χ0n) is 11.1. The summed E-state index contributed by atoms with van der Waals surface area (Å²) in [4.78, 5) is 23.7. The number of hydrogen-bond acceptors (Lipinski definition) is 4. The fourth-order valence-electron chi connectivity index (χ4n) is 2.94. The lowest BCUT2D eigenvalue weighted by Gasteiger charge is -2.34. The van der Waals surface area contributed by atoms with Crippen LogP contribution in [0.5, 0.6) is 0 Å². The number of allylic oxidation sites excluding steroid dienone is 1. The predicted molar refractivity (Wildman–Crippen MR) is 63.7 cm³/mol. The van der Waals surface area contributed by atoms with Crippen LogP contribution in [0.15, 0.2) is 11.1 Å². The first-order valence-corrected chi connectivity index (χ1v) is 5.94. The van der Waals surface area contributed by atoms with Crippen molar-refractivity contribution in [2.45, 2.75) is 38.8 Å². The summed E-state index contributed by atoms with van der Waals surface area (Å²) in [6, 6.07) is -0.155. The Balaban J connectivity index is 2.42. The average molecular weight is 254 g/mol. The topological polar surface area (TPSA) is 59.1 Å². The van der Waals surface area contributed by atoms with Crippen LogP contribution in [0.3, 0.4) is 0 Å². The third-order valence-corrected chi connectivity index (χ3v) is 3.55. The van der Waals surface area contributed by atoms with Crippen LogP contribution in [0.2, 0.25) is 0 Å². The van der Waals surface area contributed by atoms with Crippen LogP contribution in [0.4, 0.5) is 9.59 Å². The van der Waals surface area contributed by atoms with Gasteiger partial charge >= 0.3 is 12.2 Å². The molecule has 6 heteroatoms. The molecule has 2 fully saturated rings. The standard InChI is InChI=1S/C12H18N2O4/c1-7(2)10-8-5-6-9(10)14(12(16)18-4)13(8)11(15)17-3/h8-9H,5-6H2,1-4H3. The molecular weight excluding hydrogens is 236 g/mol. The quantitative estimate of drug-likeness (QED) is 0.620. The van der Waals surface area contributed by atoms with Crippen LogP contribution in [0.25, 0.3) is 0 Å². The molecule has 0 aromatic carbocycles. The highest BCUT2D eigenvalue weighted by atomic mass is 16.6. The van der Waals surface area contributed by atoms with Gasteiger partial charge in [-0.1, -0.05) is 5.57 Å². The van der Waals surface area contributed by atoms with E-state index in [4.69, 9.17) is 9.47 Å². The molecule has 2 amide bonds. The van der Waals surface area contributed by atoms with Gasteiger partial charge < -0.3 is 9.47 Å². The minimum absolute atomic E-state index is 0.0773. The number of carbonyl (C=O) groups is 2. The second-order valence-corrected chi connectivity index (χ2v) is 4.69. The van der Waals surface area contributed by atoms with Crippen molar-refractivity contribution in [3.05, 3.63) is 11.1 Å². The highest BCUT2D eigenvalue weighted by molar-refractivity contribution is 5.77. The van der Waals surface area contributed by atoms with Gasteiger partial charge in [0.05, 0.1) is 26.3 Å². The summed E-state index contributed by atoms with van der Waals surface area (Å²) in [5.41, 5.74) is 2.27. The van der Waals surface area contributed by atoms with E-state index in [2.05, 4.69) is 0 Å². The molecule has 2 unspecified atom stereocenters. The Morgan fingerprint density at radius 2 is 1.39 bits per heavy atom. The van der Waals surface area contributed by atoms with Crippen molar-refractivity contribution in [1.82, 2.24) is 10.0 Å². The van der Waals surface area contributed by atoms with E-state index < -0.39 is 12.2 Å². The fraction of sp³-hybridized carbons (Fsp3) is 0.667. The maximum absolute atomic E-state index is 11.8. The number of fused-ring (bicyclic) bond motifs is 2. The molecular formula is C12H18N2O4. The van der Waals surface area contributed by atoms with Crippen LogP contribution in [0.1, 0.15) is 26.7 Å². The summed E-state index contributed by atoms with van der Waals surface area (Å²) in [5.74, 6) is 0. The van der Waals surface area contributed by atoms with Gasteiger partial charge in [-0.15, -0.1) is 0 Å². The number of hydrazine groups is 1. The molecule has 2 bridgehead atoms. The van der Waals surface area contributed by atoms with E-state index >= 15 is 0 Å². The fourth-order valence-corrected chi connectivity index (χ4v) is 2.94. The van der Waals surface area contributed by atoms with E-state index in [0.717, 1.165) is 24.0 Å². The number of methoxy groups -OCH3 is 2. The smallest absolute Gasteiger partial charge is 0.429 e. The van der Waals surface area contributed by atoms with Crippen LogP contribution >= 0.6 is 0 Å². The van der Waals surface area contributed by atoms with Gasteiger partial charge in [-0.2, -0.15) is 0 Å². The Bertz CT molecular complexity index is 382. The molecule has 1 heterocycles. The first-order chi connectivity index (χ1) is 8.52. The molecule has 18 heavy (non-hydrogen) atoms. The molecule has 2 rings (SSSR count). The lowest BCUT2D eigenvalue weighted by Crippen LogP contribution is -2.53. The summed E-state index contributed by atoms with van der Waals surface area (Å²) >= 11 is 0. The summed E-state index contributed by atoms with van der Waals surface area (Å²) in [6.45, 7) is 3.99. The molecule has 2 aliphatic rings. The molecule has 1 aliphatic heterocycles. The van der Waals surface area contributed by atoms with Crippen molar-refractivity contribution in [2.75, 3.05) is 14.2 Å². The minimum Gasteiger partial charge on any atom is -0.451 e. The number of nitrogens with zero attached hydrogens (tertiary/aromatic N) is 2. The van der Waals surface area contributed by atoms with Crippen LogP contribution in [-0.4, -0.2) is 48.5 Å². The van der Waals surface area contributed by atoms with Gasteiger partial charge in [0.15, 0.2) is 0 Å². The zero-order valence-corrected chi connectivity index (χ0v) is 11.1. The van der Waals surface area contributed by atoms with Crippen LogP contribution < -0.4 is 0 Å². The number of carbonyl (C=O) groups excluding carboxylic acids is 2. The number of rotatable bonds is 0. The number of ether oxygens (including phenoxy) is 2. The van der Waals surface area contributed by atoms with Gasteiger partial charge in [-0.25, -0.2) is 19.6 Å². The van der Waals surface area contributed by atoms with Crippen molar-refractivity contribution in [3.8, 4) is 0 Å². The Hall–Kier alpha value is -1.72. The molecule has 0 spiro atoms. The zero-order chi connectivity index (χ0) is 13.4. The second-order valence-electron chi connectivity index (χ2n) is 4.69. The third-order valence-electron chi connectivity index (χ3n) is 3.55. The third kappa shape index (κ3) is 1.63. The van der Waals surface area contributed by atoms with Crippen molar-refractivity contribution in [3.63, 3.8) is 0 Å². The van der Waals surface area contributed by atoms with Gasteiger partial charge in [0.2, 0.25) is 0 Å². The summed E-state index contributed by atoms with van der Waals surface area (Å²) in [7, 11) is 2.62. The average Bonchev–Trinajstić information content (AvgIpc) is 2.91. The van der Waals surface area contributed by atoms with E-state index in [1.165, 1.54) is 24.2 Å². The highest BCUT2D eigenvalue weighted by Gasteiger charge is 2.54. The number of hydrogen-bond donors (Lipinski definition) is 0. The predicted octanol–water partition coefficient (Wildman–Crippen LogP) is 1.92. The van der Waals surface area contributed by atoms with Gasteiger partial charge in [0.25, 0.3) is 0 Å². The normalized spacial score (nSPS) is 25.4. The summed E-state index contributed by atoms with van der Waals surface area (Å²) in [5, 5.41) is 2.75. The minimum atomic E-state index is -0.522. The van der Waals surface area contributed by atoms with E-state index in [0.29, 0.717) is 0 Å². The monoisotopic (exact) mass is 254 g/mol. The van der Waals surface area contributed by atoms with E-state index in [1.807, 2.05) is 13.8 Å². The first-order valence-electron chi connectivity index (χ1n) is 5.94. The van der Waals surface area contributed by atoms with Gasteiger partial charge in [0, 0.05) is 0 Å². The summed E-state index contributed by atoms with van der Waals surface area (Å²) in [6.07, 6.45) is 0.666. The lowest BCUT2D eigenvalue weighted by molar-refractivity contribution is -0.0300. The van der Waals surface area contributed by atoms with Crippen molar-refractivity contribution in [2.24, 2.45) is 0 Å². The van der Waals surface area contributed by atoms with Gasteiger partial charge in [-0.05, 0) is 32.3 Å². The maximum Gasteiger partial charge on any atom is 0.429 e. The molecule has 0 aromatic heterocycles. The van der Waals surface area contributed by atoms with E-state index in [-0.39, 0.29) is 12.1 Å². The molecule has 0 radical (unpaired) electrons. The Morgan fingerprint density at radius 3 is 1.67 bits per heavy atom. The molecule has 6 nitrogen and oxygen atoms in total. The first kappa shape index (κ1) is 12.7. The molecule has 1 saturated heterocycles. The van der Waals surface area contributed by atoms with Gasteiger partial charge in [0.1, 0.15) is 0 Å². The maximum atomic E-state index is 11.8. The molecule has 100 valence electrons. The van der Waals surface area contributed by atoms with Crippen LogP contribution in [-0.2, 0) is 9.47 Å². The van der Waals surface area contributed by atoms with Crippen molar-refractivity contribution in [1.29, 1.82) is 0 Å². The van der Waals surface area contributed by atoms with Gasteiger partial charge in [-0.3, -0.25) is 0 Å². The molecule has 1 aliphatic carbocycles. The molecule has 2 atom stereocenters. The Morgan fingerprint density at radius 1 is 1.00 bits per heavy atom. The van der Waals surface area contributed by atoms with Crippen molar-refractivity contribution >= 4 is 12.2 Å². The van der Waals surface area contributed by atoms with Crippen molar-refractivity contribution < 1.29 is 19.1 Å². The Kier molecular flexibility index (Phi) is 3.19. The van der Waals surface area contributed by atoms with E-state index in [1.54, 1.807) is 0 Å².